The molecule has 0 aromatic rings. The second-order valence-corrected chi connectivity index (χ2v) is 18.2. The lowest BCUT2D eigenvalue weighted by Crippen LogP contribution is -2.50. The van der Waals surface area contributed by atoms with Crippen LogP contribution in [0.5, 0.6) is 0 Å². The molecule has 0 bridgehead atoms. The molecular weight excluding hydrogens is 617 g/mol. The first-order valence-electron chi connectivity index (χ1n) is 21.9. The molecule has 0 saturated heterocycles. The molecule has 4 aliphatic rings. The van der Waals surface area contributed by atoms with Crippen LogP contribution in [0.15, 0.2) is 23.8 Å². The van der Waals surface area contributed by atoms with Gasteiger partial charge in [0.05, 0.1) is 12.7 Å². The third-order valence-electron chi connectivity index (χ3n) is 14.2. The Kier molecular flexibility index (Phi) is 19.6. The lowest BCUT2D eigenvalue weighted by atomic mass is 9.47. The van der Waals surface area contributed by atoms with Crippen molar-refractivity contribution in [1.29, 1.82) is 0 Å². The van der Waals surface area contributed by atoms with Crippen LogP contribution in [0.25, 0.3) is 0 Å². The summed E-state index contributed by atoms with van der Waals surface area (Å²) in [5, 5.41) is 18.5. The number of hydrogen-bond donors (Lipinski definition) is 2. The van der Waals surface area contributed by atoms with Gasteiger partial charge in [0.15, 0.2) is 0 Å². The summed E-state index contributed by atoms with van der Waals surface area (Å²) in [6, 6.07) is 0. The van der Waals surface area contributed by atoms with Gasteiger partial charge in [-0.05, 0) is 130 Å². The maximum Gasteiger partial charge on any atom is 0.505 e. The number of ether oxygens (including phenoxy) is 1. The molecule has 4 aliphatic carbocycles. The molecule has 0 heterocycles. The Morgan fingerprint density at radius 1 is 0.820 bits per heavy atom. The maximum absolute atomic E-state index is 10.2. The summed E-state index contributed by atoms with van der Waals surface area (Å²) in [6.45, 7) is 15.2. The molecule has 0 aromatic carbocycles. The highest BCUT2D eigenvalue weighted by Gasteiger charge is 2.59. The van der Waals surface area contributed by atoms with Gasteiger partial charge in [-0.15, -0.1) is 0 Å². The van der Waals surface area contributed by atoms with E-state index in [0.717, 1.165) is 61.2 Å². The van der Waals surface area contributed by atoms with Gasteiger partial charge in [-0.1, -0.05) is 142 Å². The zero-order chi connectivity index (χ0) is 36.4. The average Bonchev–Trinajstić information content (AvgIpc) is 3.44. The van der Waals surface area contributed by atoms with Gasteiger partial charge in [0.2, 0.25) is 0 Å². The predicted octanol–water partition coefficient (Wildman–Crippen LogP) is 14.1. The second kappa shape index (κ2) is 22.7. The van der Waals surface area contributed by atoms with E-state index in [9.17, 15) is 9.90 Å². The van der Waals surface area contributed by atoms with Crippen LogP contribution >= 0.6 is 0 Å². The van der Waals surface area contributed by atoms with Crippen molar-refractivity contribution in [2.45, 2.75) is 208 Å². The quantitative estimate of drug-likeness (QED) is 0.0711. The van der Waals surface area contributed by atoms with Crippen molar-refractivity contribution in [3.05, 3.63) is 23.8 Å². The molecule has 0 aliphatic heterocycles. The molecule has 8 atom stereocenters. The first-order valence-corrected chi connectivity index (χ1v) is 21.9. The van der Waals surface area contributed by atoms with Gasteiger partial charge in [-0.2, -0.15) is 0 Å². The molecule has 290 valence electrons. The van der Waals surface area contributed by atoms with Crippen LogP contribution in [0.4, 0.5) is 4.79 Å². The van der Waals surface area contributed by atoms with E-state index in [1.54, 1.807) is 5.57 Å². The molecule has 2 N–H and O–H groups in total. The van der Waals surface area contributed by atoms with E-state index in [2.05, 4.69) is 64.5 Å². The average molecular weight is 699 g/mol. The summed E-state index contributed by atoms with van der Waals surface area (Å²) in [5.41, 5.74) is 2.60. The van der Waals surface area contributed by atoms with Gasteiger partial charge in [0.1, 0.15) is 0 Å². The van der Waals surface area contributed by atoms with E-state index in [1.165, 1.54) is 135 Å². The minimum Gasteiger partial charge on any atom is -0.450 e. The summed E-state index contributed by atoms with van der Waals surface area (Å²) in [5.74, 6) is 5.46. The van der Waals surface area contributed by atoms with E-state index in [1.807, 2.05) is 0 Å². The van der Waals surface area contributed by atoms with E-state index >= 15 is 0 Å². The molecule has 4 rings (SSSR count). The minimum absolute atomic E-state index is 0.0766. The van der Waals surface area contributed by atoms with E-state index < -0.39 is 6.16 Å². The highest BCUT2D eigenvalue weighted by molar-refractivity contribution is 5.56. The number of fused-ring (bicyclic) bond motifs is 5. The minimum atomic E-state index is -1.16. The standard InChI is InChI=1S/C27H46O.C19H36O3/c1-18(2)7-6-8-19(3)23-11-12-24-22-10-9-20-17-21(28)13-15-26(20,4)25(22)14-16-27(23,24)5;1-2-3-4-5-6-7-8-9-10-11-12-13-14-15-16-17-18-22-19(20)21/h9,18-19,21-25,28H,6-8,10-17H2,1-5H3;9-10H,2-8,11-18H2,1H3,(H,20,21)/t19-,21+,22+,23-,24+,25+,26+,27-;/m1./s1. The Bertz CT molecular complexity index is 1000. The Hall–Kier alpha value is -1.29. The molecule has 0 unspecified atom stereocenters. The fourth-order valence-electron chi connectivity index (χ4n) is 11.2. The molecular formula is C46H82O4. The van der Waals surface area contributed by atoms with Gasteiger partial charge in [0.25, 0.3) is 0 Å². The number of aliphatic hydroxyl groups is 1. The molecule has 50 heavy (non-hydrogen) atoms. The van der Waals surface area contributed by atoms with Crippen LogP contribution in [-0.2, 0) is 4.74 Å². The Balaban J connectivity index is 0.000000281. The number of hydrogen-bond acceptors (Lipinski definition) is 3. The number of rotatable bonds is 21. The molecule has 0 radical (unpaired) electrons. The molecule has 0 amide bonds. The zero-order valence-corrected chi connectivity index (χ0v) is 33.9. The summed E-state index contributed by atoms with van der Waals surface area (Å²) < 4.78 is 4.47. The van der Waals surface area contributed by atoms with E-state index in [-0.39, 0.29) is 6.10 Å². The van der Waals surface area contributed by atoms with Crippen LogP contribution in [0, 0.1) is 46.3 Å². The van der Waals surface area contributed by atoms with Crippen molar-refractivity contribution in [2.75, 3.05) is 6.61 Å². The van der Waals surface area contributed by atoms with Crippen molar-refractivity contribution in [1.82, 2.24) is 0 Å². The summed E-state index contributed by atoms with van der Waals surface area (Å²) >= 11 is 0. The Labute approximate surface area is 310 Å². The van der Waals surface area contributed by atoms with Crippen LogP contribution < -0.4 is 0 Å². The van der Waals surface area contributed by atoms with Gasteiger partial charge in [-0.3, -0.25) is 0 Å². The summed E-state index contributed by atoms with van der Waals surface area (Å²) in [7, 11) is 0. The highest BCUT2D eigenvalue weighted by Crippen LogP contribution is 2.67. The first kappa shape index (κ1) is 43.1. The normalized spacial score (nSPS) is 31.0. The van der Waals surface area contributed by atoms with Crippen molar-refractivity contribution >= 4 is 6.16 Å². The number of carboxylic acid groups (broad SMARTS) is 1. The summed E-state index contributed by atoms with van der Waals surface area (Å²) in [4.78, 5) is 10.1. The van der Waals surface area contributed by atoms with Gasteiger partial charge in [-0.25, -0.2) is 4.79 Å². The van der Waals surface area contributed by atoms with Crippen LogP contribution in [0.2, 0.25) is 0 Å². The molecule has 0 spiro atoms. The highest BCUT2D eigenvalue weighted by atomic mass is 16.7. The van der Waals surface area contributed by atoms with Crippen molar-refractivity contribution in [3.63, 3.8) is 0 Å². The second-order valence-electron chi connectivity index (χ2n) is 18.2. The lowest BCUT2D eigenvalue weighted by Gasteiger charge is -2.58. The number of carbonyl (C=O) groups is 1. The van der Waals surface area contributed by atoms with Crippen LogP contribution in [0.1, 0.15) is 202 Å². The summed E-state index contributed by atoms with van der Waals surface area (Å²) in [6.07, 6.45) is 38.3. The monoisotopic (exact) mass is 699 g/mol. The fraction of sp³-hybridized carbons (Fsp3) is 0.891. The maximum atomic E-state index is 10.2. The fourth-order valence-corrected chi connectivity index (χ4v) is 11.2. The van der Waals surface area contributed by atoms with E-state index in [4.69, 9.17) is 5.11 Å². The van der Waals surface area contributed by atoms with E-state index in [0.29, 0.717) is 17.4 Å². The lowest BCUT2D eigenvalue weighted by molar-refractivity contribution is -0.0573. The number of aliphatic hydroxyl groups excluding tert-OH is 1. The Morgan fingerprint density at radius 3 is 2.10 bits per heavy atom. The molecule has 4 nitrogen and oxygen atoms in total. The largest absolute Gasteiger partial charge is 0.505 e. The van der Waals surface area contributed by atoms with Crippen molar-refractivity contribution in [2.24, 2.45) is 46.3 Å². The third-order valence-corrected chi connectivity index (χ3v) is 14.2. The van der Waals surface area contributed by atoms with Crippen LogP contribution in [-0.4, -0.2) is 29.1 Å². The molecule has 4 heteroatoms. The van der Waals surface area contributed by atoms with Gasteiger partial charge < -0.3 is 14.9 Å². The third kappa shape index (κ3) is 13.3. The molecule has 3 saturated carbocycles. The first-order chi connectivity index (χ1) is 24.0. The molecule has 0 aromatic heterocycles. The molecule has 3 fully saturated rings. The Morgan fingerprint density at radius 2 is 1.46 bits per heavy atom. The van der Waals surface area contributed by atoms with Gasteiger partial charge >= 0.3 is 6.16 Å². The smallest absolute Gasteiger partial charge is 0.450 e. The van der Waals surface area contributed by atoms with Crippen molar-refractivity contribution < 1.29 is 19.7 Å². The topological polar surface area (TPSA) is 66.8 Å². The van der Waals surface area contributed by atoms with Crippen LogP contribution in [0.3, 0.4) is 0 Å². The SMILES string of the molecule is CC(C)CCC[C@@H](C)[C@H]1CC[C@H]2[C@@H]3CC=C4C[C@@H](O)CC[C@]4(C)[C@H]3CC[C@]12C.CCCCCCCCC=CCCCCCCCCOC(=O)O. The number of unbranched alkanes of at least 4 members (excludes halogenated alkanes) is 12. The van der Waals surface area contributed by atoms with Crippen molar-refractivity contribution in [3.8, 4) is 0 Å². The van der Waals surface area contributed by atoms with Gasteiger partial charge in [0, 0.05) is 0 Å². The predicted molar refractivity (Wildman–Crippen MR) is 212 cm³/mol. The number of allylic oxidation sites excluding steroid dienone is 3. The zero-order valence-electron chi connectivity index (χ0n) is 33.9.